The van der Waals surface area contributed by atoms with Gasteiger partial charge in [0.05, 0.1) is 29.5 Å². The lowest BCUT2D eigenvalue weighted by atomic mass is 9.80. The van der Waals surface area contributed by atoms with Crippen LogP contribution in [-0.2, 0) is 0 Å². The third-order valence-electron chi connectivity index (χ3n) is 15.5. The number of hydrogen-bond donors (Lipinski definition) is 6. The Morgan fingerprint density at radius 1 is 0.451 bits per heavy atom. The van der Waals surface area contributed by atoms with E-state index in [0.29, 0.717) is 16.6 Å². The van der Waals surface area contributed by atoms with Gasteiger partial charge in [-0.1, -0.05) is 176 Å². The van der Waals surface area contributed by atoms with Gasteiger partial charge in [0.2, 0.25) is 16.6 Å². The van der Waals surface area contributed by atoms with Gasteiger partial charge in [0.15, 0.2) is 0 Å². The third kappa shape index (κ3) is 24.0. The summed E-state index contributed by atoms with van der Waals surface area (Å²) in [6.45, 7) is 29.9. The maximum absolute atomic E-state index is 10.7. The molecule has 0 atom stereocenters. The number of phenols is 3. The van der Waals surface area contributed by atoms with Gasteiger partial charge in [-0.2, -0.15) is 10.5 Å². The number of nitrogens with zero attached hydrogens (tertiary/aromatic N) is 3. The number of oxime groups is 1. The smallest absolute Gasteiger partial charge is 0.488 e. The van der Waals surface area contributed by atoms with Crippen LogP contribution in [0, 0.1) is 50.4 Å². The summed E-state index contributed by atoms with van der Waals surface area (Å²) in [5.41, 5.74) is 13.7. The molecule has 0 amide bonds. The molecule has 0 saturated heterocycles. The number of carbonyl (C=O) groups is 1. The van der Waals surface area contributed by atoms with Gasteiger partial charge in [0.1, 0.15) is 35.0 Å². The Bertz CT molecular complexity index is 3910. The van der Waals surface area contributed by atoms with E-state index in [2.05, 4.69) is 117 Å². The predicted molar refractivity (Wildman–Crippen MR) is 384 cm³/mol. The molecule has 6 N–H and O–H groups in total. The minimum absolute atomic E-state index is 0.155. The molecule has 9 aromatic carbocycles. The number of aryl methyl sites for hydroxylation is 4. The summed E-state index contributed by atoms with van der Waals surface area (Å²) in [5, 5.41) is 74.9. The number of aromatic hydroxyl groups is 3. The highest BCUT2D eigenvalue weighted by Gasteiger charge is 2.40. The molecule has 0 aliphatic carbocycles. The van der Waals surface area contributed by atoms with Crippen LogP contribution in [0.15, 0.2) is 208 Å². The van der Waals surface area contributed by atoms with Gasteiger partial charge in [0, 0.05) is 14.5 Å². The minimum Gasteiger partial charge on any atom is -0.544 e. The molecule has 0 heterocycles. The molecule has 0 fully saturated rings. The van der Waals surface area contributed by atoms with E-state index < -0.39 is 23.8 Å². The molecule has 9 aromatic rings. The van der Waals surface area contributed by atoms with Crippen LogP contribution < -0.4 is 14.3 Å². The summed E-state index contributed by atoms with van der Waals surface area (Å²) in [5.74, 6) is 2.54. The maximum Gasteiger partial charge on any atom is 0.488 e. The van der Waals surface area contributed by atoms with Crippen LogP contribution in [-0.4, -0.2) is 66.8 Å². The van der Waals surface area contributed by atoms with E-state index >= 15 is 0 Å². The van der Waals surface area contributed by atoms with Crippen LogP contribution in [0.4, 0.5) is 0 Å². The molecule has 12 nitrogen and oxygen atoms in total. The highest BCUT2D eigenvalue weighted by atomic mass is 79.9. The number of halogens is 2. The van der Waals surface area contributed by atoms with Crippen molar-refractivity contribution in [1.29, 1.82) is 10.5 Å². The minimum atomic E-state index is -1.82. The number of aldehydes is 1. The van der Waals surface area contributed by atoms with Gasteiger partial charge in [-0.3, -0.25) is 4.79 Å². The number of rotatable bonds is 10. The monoisotopic (exact) mass is 1380 g/mol. The average Bonchev–Trinajstić information content (AvgIpc) is 2.02. The Labute approximate surface area is 557 Å². The second-order valence-electron chi connectivity index (χ2n) is 24.5. The number of carbonyl (C=O) groups excluding carboxylic acids is 1. The van der Waals surface area contributed by atoms with Crippen LogP contribution in [0.1, 0.15) is 90.8 Å². The van der Waals surface area contributed by atoms with E-state index in [-0.39, 0.29) is 27.3 Å². The Morgan fingerprint density at radius 3 is 1.09 bits per heavy atom. The SMILES string of the molecule is CC(C)(C)[Si](C)(C)Oc1ccc(B(O)O)cc1.CC(C)(C)[Si](C)(C)Oc1ccc(Br)cc1.Cc1cc(-c2ccc(O)cc2)ccc1/C=N/O.Cc1cc(-c2ccc(O)cc2)ccc1C#N.Cc1cc(-c2ccc(O)cc2)ccc1C=O.Cc1cc(Br)ccc1C#N. The molecule has 0 saturated carbocycles. The van der Waals surface area contributed by atoms with Gasteiger partial charge in [-0.15, -0.1) is 0 Å². The molecule has 0 radical (unpaired) electrons. The first-order valence-corrected chi connectivity index (χ1v) is 36.6. The molecule has 17 heteroatoms. The van der Waals surface area contributed by atoms with Crippen molar-refractivity contribution in [3.63, 3.8) is 0 Å². The Morgan fingerprint density at radius 2 is 0.769 bits per heavy atom. The molecule has 9 rings (SSSR count). The van der Waals surface area contributed by atoms with Crippen LogP contribution in [0.25, 0.3) is 33.4 Å². The fraction of sp³-hybridized carbons (Fsp3) is 0.216. The molecule has 472 valence electrons. The number of hydrogen-bond acceptors (Lipinski definition) is 12. The Kier molecular flexibility index (Phi) is 28.5. The fourth-order valence-corrected chi connectivity index (χ4v) is 10.6. The van der Waals surface area contributed by atoms with Crippen molar-refractivity contribution in [1.82, 2.24) is 0 Å². The van der Waals surface area contributed by atoms with Crippen molar-refractivity contribution in [3.8, 4) is 74.3 Å². The molecular formula is C74H82BBr2N3O9Si2. The summed E-state index contributed by atoms with van der Waals surface area (Å²) < 4.78 is 14.3. The molecule has 0 unspecified atom stereocenters. The molecular weight excluding hydrogens is 1300 g/mol. The first-order chi connectivity index (χ1) is 42.7. The fourth-order valence-electron chi connectivity index (χ4n) is 7.84. The van der Waals surface area contributed by atoms with E-state index in [1.807, 2.05) is 155 Å². The summed E-state index contributed by atoms with van der Waals surface area (Å²) >= 11 is 6.74. The third-order valence-corrected chi connectivity index (χ3v) is 25.2. The van der Waals surface area contributed by atoms with Crippen molar-refractivity contribution < 1.29 is 44.2 Å². The topological polar surface area (TPSA) is 217 Å². The first kappa shape index (κ1) is 74.9. The zero-order chi connectivity index (χ0) is 67.9. The van der Waals surface area contributed by atoms with Crippen LogP contribution >= 0.6 is 31.9 Å². The van der Waals surface area contributed by atoms with Crippen LogP contribution in [0.5, 0.6) is 28.7 Å². The quantitative estimate of drug-likeness (QED) is 0.0249. The average molecular weight is 1380 g/mol. The standard InChI is InChI=1S/C14H13NO2.C14H11NO.C14H12O2.C12H21BO3Si.C12H19BrOSi.C8H6BrN/c1-10-8-12(2-3-13(10)9-15-17)11-4-6-14(16)7-5-11;2*1-10-8-12(2-3-13(10)9-15)11-4-6-14(16)7-5-11;1-12(2,3)17(4,5)16-11-8-6-10(7-9-11)13(14)15;1-12(2,3)15(4,5)14-11-8-6-10(13)7-9-11;1-6-4-8(9)3-2-7(6)5-10/h2-9,16-17H,1H3;2-8,16H,1H3;2-9,16H,1H3;6-9,14-15H,1-5H3;6-9H,1-5H3;2-4H,1H3/b15-9+;;;;;. The maximum atomic E-state index is 10.7. The van der Waals surface area contributed by atoms with Gasteiger partial charge in [0.25, 0.3) is 0 Å². The van der Waals surface area contributed by atoms with Gasteiger partial charge in [-0.25, -0.2) is 0 Å². The van der Waals surface area contributed by atoms with Crippen molar-refractivity contribution in [2.45, 2.75) is 106 Å². The lowest BCUT2D eigenvalue weighted by Crippen LogP contribution is -2.44. The number of benzene rings is 9. The number of phenolic OH excluding ortho intramolecular Hbond substituents is 3. The van der Waals surface area contributed by atoms with E-state index in [1.165, 1.54) is 6.21 Å². The highest BCUT2D eigenvalue weighted by molar-refractivity contribution is 9.10. The normalized spacial score (nSPS) is 10.9. The molecule has 91 heavy (non-hydrogen) atoms. The number of nitriles is 2. The van der Waals surface area contributed by atoms with Gasteiger partial charge in [-0.05, 0) is 228 Å². The largest absolute Gasteiger partial charge is 0.544 e. The van der Waals surface area contributed by atoms with Crippen LogP contribution in [0.3, 0.4) is 0 Å². The van der Waals surface area contributed by atoms with E-state index in [9.17, 15) is 20.1 Å². The van der Waals surface area contributed by atoms with Crippen molar-refractivity contribution in [2.24, 2.45) is 5.16 Å². The summed E-state index contributed by atoms with van der Waals surface area (Å²) in [4.78, 5) is 10.7. The second kappa shape index (κ2) is 34.6. The van der Waals surface area contributed by atoms with Crippen molar-refractivity contribution in [2.75, 3.05) is 0 Å². The summed E-state index contributed by atoms with van der Waals surface area (Å²) in [6, 6.07) is 63.2. The lowest BCUT2D eigenvalue weighted by molar-refractivity contribution is 0.112. The second-order valence-corrected chi connectivity index (χ2v) is 35.8. The van der Waals surface area contributed by atoms with E-state index in [4.69, 9.17) is 34.6 Å². The summed E-state index contributed by atoms with van der Waals surface area (Å²) in [6.07, 6.45) is 2.27. The molecule has 0 aliphatic rings. The molecule has 0 spiro atoms. The zero-order valence-electron chi connectivity index (χ0n) is 54.2. The molecule has 0 aliphatic heterocycles. The first-order valence-electron chi connectivity index (χ1n) is 29.2. The lowest BCUT2D eigenvalue weighted by Gasteiger charge is -2.36. The summed E-state index contributed by atoms with van der Waals surface area (Å²) in [7, 11) is -4.91. The Hall–Kier alpha value is -8.52. The zero-order valence-corrected chi connectivity index (χ0v) is 59.4. The van der Waals surface area contributed by atoms with E-state index in [0.717, 1.165) is 93.5 Å². The van der Waals surface area contributed by atoms with Crippen molar-refractivity contribution >= 4 is 73.6 Å². The predicted octanol–water partition coefficient (Wildman–Crippen LogP) is 18.8. The highest BCUT2D eigenvalue weighted by Crippen LogP contribution is 2.39. The molecule has 0 bridgehead atoms. The van der Waals surface area contributed by atoms with Gasteiger partial charge < -0.3 is 39.4 Å². The Balaban J connectivity index is 0.000000234. The molecule has 0 aromatic heterocycles. The van der Waals surface area contributed by atoms with E-state index in [1.54, 1.807) is 66.7 Å². The van der Waals surface area contributed by atoms with Crippen LogP contribution in [0.2, 0.25) is 36.3 Å². The van der Waals surface area contributed by atoms with Gasteiger partial charge >= 0.3 is 7.12 Å². The van der Waals surface area contributed by atoms with Crippen molar-refractivity contribution in [3.05, 3.63) is 248 Å².